The van der Waals surface area contributed by atoms with Crippen molar-refractivity contribution in [1.82, 2.24) is 4.90 Å². The number of rotatable bonds is 4. The number of halogens is 1. The number of alkyl halides is 1. The molecule has 25 heavy (non-hydrogen) atoms. The maximum atomic E-state index is 13.0. The van der Waals surface area contributed by atoms with Gasteiger partial charge in [-0.2, -0.15) is 0 Å². The zero-order valence-corrected chi connectivity index (χ0v) is 16.0. The van der Waals surface area contributed by atoms with Crippen LogP contribution in [-0.4, -0.2) is 45.3 Å². The molecule has 2 atom stereocenters. The van der Waals surface area contributed by atoms with Crippen LogP contribution in [0.5, 0.6) is 0 Å². The molecule has 8 heteroatoms. The van der Waals surface area contributed by atoms with Crippen LogP contribution in [0, 0.1) is 0 Å². The fraction of sp³-hybridized carbons (Fsp3) is 0.353. The lowest BCUT2D eigenvalue weighted by Crippen LogP contribution is -2.40. The second-order valence-electron chi connectivity index (χ2n) is 5.89. The van der Waals surface area contributed by atoms with Crippen LogP contribution in [0.15, 0.2) is 38.6 Å². The highest BCUT2D eigenvalue weighted by Crippen LogP contribution is 2.42. The Morgan fingerprint density at radius 1 is 1.48 bits per heavy atom. The number of carboxylic acids is 1. The molecule has 0 saturated carbocycles. The van der Waals surface area contributed by atoms with Gasteiger partial charge < -0.3 is 10.0 Å². The molecule has 2 heterocycles. The fourth-order valence-corrected chi connectivity index (χ4v) is 4.86. The molecular weight excluding hydrogens is 382 g/mol. The van der Waals surface area contributed by atoms with Gasteiger partial charge in [0.15, 0.2) is 5.78 Å². The molecule has 1 N–H and O–H groups in total. The van der Waals surface area contributed by atoms with Crippen molar-refractivity contribution in [2.24, 2.45) is 0 Å². The topological polar surface area (TPSA) is 74.7 Å². The highest BCUT2D eigenvalue weighted by atomic mass is 35.5. The first-order valence-electron chi connectivity index (χ1n) is 7.61. The smallest absolute Gasteiger partial charge is 0.307 e. The average molecular weight is 398 g/mol. The summed E-state index contributed by atoms with van der Waals surface area (Å²) in [6.45, 7) is 1.73. The minimum Gasteiger partial charge on any atom is -0.481 e. The standard InChI is InChI=1S/C17H16ClNO4S2/c1-8-10(5-15(21)22)11-4-14(20)12(18)6-13(11)19(8)17(23)9-3-16(24-2)25-7-9/h3-4,7,12-13H,5-6H2,1-2H3,(H,21,22). The molecule has 0 saturated heterocycles. The summed E-state index contributed by atoms with van der Waals surface area (Å²) in [6.07, 6.45) is 3.41. The van der Waals surface area contributed by atoms with Crippen molar-refractivity contribution in [1.29, 1.82) is 0 Å². The van der Waals surface area contributed by atoms with Crippen LogP contribution in [0.25, 0.3) is 0 Å². The molecule has 0 radical (unpaired) electrons. The largest absolute Gasteiger partial charge is 0.481 e. The van der Waals surface area contributed by atoms with E-state index in [1.165, 1.54) is 17.4 Å². The molecule has 2 unspecified atom stereocenters. The SMILES string of the molecule is CSc1cc(C(=O)N2C(C)=C(CC(=O)O)C3=CC(=O)C(Cl)CC32)cs1. The summed E-state index contributed by atoms with van der Waals surface area (Å²) >= 11 is 9.16. The number of fused-ring (bicyclic) bond motifs is 1. The van der Waals surface area contributed by atoms with E-state index in [9.17, 15) is 19.5 Å². The molecule has 2 aliphatic rings. The van der Waals surface area contributed by atoms with Crippen molar-refractivity contribution < 1.29 is 19.5 Å². The van der Waals surface area contributed by atoms with E-state index in [1.54, 1.807) is 29.0 Å². The lowest BCUT2D eigenvalue weighted by molar-refractivity contribution is -0.136. The molecule has 0 bridgehead atoms. The summed E-state index contributed by atoms with van der Waals surface area (Å²) in [6, 6.07) is 1.44. The van der Waals surface area contributed by atoms with Gasteiger partial charge in [-0.25, -0.2) is 0 Å². The molecule has 1 aromatic rings. The van der Waals surface area contributed by atoms with Crippen LogP contribution in [-0.2, 0) is 9.59 Å². The monoisotopic (exact) mass is 397 g/mol. The van der Waals surface area contributed by atoms with E-state index in [0.717, 1.165) is 4.21 Å². The maximum absolute atomic E-state index is 13.0. The third kappa shape index (κ3) is 3.28. The lowest BCUT2D eigenvalue weighted by atomic mass is 9.89. The molecule has 0 spiro atoms. The molecule has 3 rings (SSSR count). The van der Waals surface area contributed by atoms with Gasteiger partial charge in [0.25, 0.3) is 5.91 Å². The second-order valence-corrected chi connectivity index (χ2v) is 8.43. The van der Waals surface area contributed by atoms with Gasteiger partial charge in [-0.15, -0.1) is 34.7 Å². The van der Waals surface area contributed by atoms with Gasteiger partial charge in [0, 0.05) is 11.1 Å². The molecule has 1 aliphatic heterocycles. The highest BCUT2D eigenvalue weighted by molar-refractivity contribution is 8.00. The quantitative estimate of drug-likeness (QED) is 0.621. The van der Waals surface area contributed by atoms with Crippen LogP contribution < -0.4 is 0 Å². The number of thioether (sulfide) groups is 1. The third-order valence-corrected chi connectivity index (χ3v) is 6.85. The number of nitrogens with zero attached hydrogens (tertiary/aromatic N) is 1. The predicted octanol–water partition coefficient (Wildman–Crippen LogP) is 3.55. The number of hydrogen-bond donors (Lipinski definition) is 1. The van der Waals surface area contributed by atoms with Crippen LogP contribution in [0.2, 0.25) is 0 Å². The van der Waals surface area contributed by atoms with Gasteiger partial charge in [-0.05, 0) is 42.9 Å². The van der Waals surface area contributed by atoms with E-state index in [0.29, 0.717) is 22.4 Å². The molecular formula is C17H16ClNO4S2. The molecule has 0 aromatic carbocycles. The van der Waals surface area contributed by atoms with Crippen LogP contribution in [0.1, 0.15) is 30.1 Å². The molecule has 1 aromatic heterocycles. The first kappa shape index (κ1) is 18.2. The summed E-state index contributed by atoms with van der Waals surface area (Å²) in [7, 11) is 0. The molecule has 132 valence electrons. The second kappa shape index (κ2) is 6.97. The Kier molecular flexibility index (Phi) is 5.09. The number of carbonyl (C=O) groups excluding carboxylic acids is 2. The fourth-order valence-electron chi connectivity index (χ4n) is 3.25. The minimum atomic E-state index is -0.996. The Balaban J connectivity index is 2.03. The zero-order valence-electron chi connectivity index (χ0n) is 13.6. The molecule has 1 amide bonds. The van der Waals surface area contributed by atoms with Gasteiger partial charge in [0.1, 0.15) is 0 Å². The molecule has 1 aliphatic carbocycles. The van der Waals surface area contributed by atoms with E-state index in [2.05, 4.69) is 0 Å². The first-order chi connectivity index (χ1) is 11.8. The number of hydrogen-bond acceptors (Lipinski definition) is 5. The van der Waals surface area contributed by atoms with Crippen molar-refractivity contribution in [2.75, 3.05) is 6.26 Å². The molecule has 0 fully saturated rings. The Bertz CT molecular complexity index is 826. The van der Waals surface area contributed by atoms with Crippen molar-refractivity contribution in [2.45, 2.75) is 35.4 Å². The van der Waals surface area contributed by atoms with Crippen LogP contribution in [0.3, 0.4) is 0 Å². The Morgan fingerprint density at radius 3 is 2.80 bits per heavy atom. The van der Waals surface area contributed by atoms with E-state index in [-0.39, 0.29) is 30.6 Å². The summed E-state index contributed by atoms with van der Waals surface area (Å²) in [5.41, 5.74) is 2.28. The Morgan fingerprint density at radius 2 is 2.20 bits per heavy atom. The van der Waals surface area contributed by atoms with Crippen LogP contribution >= 0.6 is 34.7 Å². The van der Waals surface area contributed by atoms with E-state index >= 15 is 0 Å². The first-order valence-corrected chi connectivity index (χ1v) is 10.1. The van der Waals surface area contributed by atoms with Gasteiger partial charge >= 0.3 is 5.97 Å². The van der Waals surface area contributed by atoms with Crippen molar-refractivity contribution >= 4 is 52.4 Å². The number of ketones is 1. The number of carboxylic acid groups (broad SMARTS) is 1. The predicted molar refractivity (Wildman–Crippen MR) is 98.4 cm³/mol. The number of allylic oxidation sites excluding steroid dienone is 2. The maximum Gasteiger partial charge on any atom is 0.307 e. The Labute approximate surface area is 158 Å². The summed E-state index contributed by atoms with van der Waals surface area (Å²) in [5, 5.41) is 10.3. The van der Waals surface area contributed by atoms with Crippen molar-refractivity contribution in [3.8, 4) is 0 Å². The summed E-state index contributed by atoms with van der Waals surface area (Å²) < 4.78 is 1.03. The third-order valence-electron chi connectivity index (χ3n) is 4.42. The summed E-state index contributed by atoms with van der Waals surface area (Å²) in [5.74, 6) is -1.43. The molecule has 5 nitrogen and oxygen atoms in total. The van der Waals surface area contributed by atoms with E-state index < -0.39 is 11.3 Å². The van der Waals surface area contributed by atoms with Crippen LogP contribution in [0.4, 0.5) is 0 Å². The summed E-state index contributed by atoms with van der Waals surface area (Å²) in [4.78, 5) is 37.9. The number of thiophene rings is 1. The number of amides is 1. The lowest BCUT2D eigenvalue weighted by Gasteiger charge is -2.30. The van der Waals surface area contributed by atoms with E-state index in [4.69, 9.17) is 11.6 Å². The number of carbonyl (C=O) groups is 3. The Hall–Kier alpha value is -1.57. The van der Waals surface area contributed by atoms with E-state index in [1.807, 2.05) is 12.3 Å². The number of aliphatic carboxylic acids is 1. The average Bonchev–Trinajstić information content (AvgIpc) is 3.12. The van der Waals surface area contributed by atoms with Crippen molar-refractivity contribution in [3.63, 3.8) is 0 Å². The zero-order chi connectivity index (χ0) is 18.3. The van der Waals surface area contributed by atoms with Gasteiger partial charge in [-0.1, -0.05) is 0 Å². The minimum absolute atomic E-state index is 0.191. The highest BCUT2D eigenvalue weighted by Gasteiger charge is 2.43. The van der Waals surface area contributed by atoms with Gasteiger partial charge in [0.2, 0.25) is 0 Å². The van der Waals surface area contributed by atoms with Gasteiger partial charge in [0.05, 0.1) is 27.6 Å². The normalized spacial score (nSPS) is 22.9. The van der Waals surface area contributed by atoms with Crippen molar-refractivity contribution in [3.05, 3.63) is 39.9 Å². The van der Waals surface area contributed by atoms with Gasteiger partial charge in [-0.3, -0.25) is 14.4 Å².